The van der Waals surface area contributed by atoms with Gasteiger partial charge in [-0.05, 0) is 43.2 Å². The molecule has 0 aliphatic carbocycles. The van der Waals surface area contributed by atoms with Crippen molar-refractivity contribution in [3.63, 3.8) is 0 Å². The first-order valence-corrected chi connectivity index (χ1v) is 8.95. The van der Waals surface area contributed by atoms with Crippen molar-refractivity contribution in [2.45, 2.75) is 18.9 Å². The summed E-state index contributed by atoms with van der Waals surface area (Å²) in [5.41, 5.74) is 0.558. The number of methoxy groups -OCH3 is 1. The number of likely N-dealkylation sites (tertiary alicyclic amines) is 1. The van der Waals surface area contributed by atoms with Gasteiger partial charge in [0.25, 0.3) is 5.91 Å². The summed E-state index contributed by atoms with van der Waals surface area (Å²) < 4.78 is 29.2. The zero-order valence-corrected chi connectivity index (χ0v) is 15.3. The topological polar surface area (TPSA) is 60.9 Å². The van der Waals surface area contributed by atoms with E-state index in [0.29, 0.717) is 43.5 Å². The molecule has 3 rings (SSSR count). The maximum atomic E-state index is 12.8. The first-order valence-electron chi connectivity index (χ1n) is 8.95. The van der Waals surface area contributed by atoms with Crippen LogP contribution in [0.3, 0.4) is 0 Å². The van der Waals surface area contributed by atoms with Crippen LogP contribution in [0, 0.1) is 5.82 Å². The van der Waals surface area contributed by atoms with Gasteiger partial charge in [0.05, 0.1) is 25.4 Å². The molecule has 1 aliphatic heterocycles. The van der Waals surface area contributed by atoms with E-state index in [2.05, 4.69) is 4.98 Å². The first kappa shape index (κ1) is 19.1. The number of piperidine rings is 1. The van der Waals surface area contributed by atoms with Crippen LogP contribution in [0.4, 0.5) is 4.39 Å². The first-order chi connectivity index (χ1) is 13.2. The van der Waals surface area contributed by atoms with Crippen LogP contribution in [0.25, 0.3) is 0 Å². The number of carbonyl (C=O) groups is 1. The maximum absolute atomic E-state index is 12.8. The minimum Gasteiger partial charge on any atom is -0.491 e. The molecule has 0 spiro atoms. The van der Waals surface area contributed by atoms with E-state index >= 15 is 0 Å². The Balaban J connectivity index is 1.36. The Morgan fingerprint density at radius 1 is 1.15 bits per heavy atom. The predicted molar refractivity (Wildman–Crippen MR) is 97.6 cm³/mol. The number of nitrogens with zero attached hydrogens (tertiary/aromatic N) is 2. The Morgan fingerprint density at radius 2 is 1.89 bits per heavy atom. The van der Waals surface area contributed by atoms with Crippen molar-refractivity contribution in [3.8, 4) is 11.6 Å². The van der Waals surface area contributed by atoms with Gasteiger partial charge in [-0.3, -0.25) is 4.79 Å². The van der Waals surface area contributed by atoms with E-state index in [1.165, 1.54) is 18.3 Å². The summed E-state index contributed by atoms with van der Waals surface area (Å²) in [6.07, 6.45) is 3.22. The average Bonchev–Trinajstić information content (AvgIpc) is 2.72. The summed E-state index contributed by atoms with van der Waals surface area (Å²) in [5, 5.41) is 0. The van der Waals surface area contributed by atoms with Crippen molar-refractivity contribution in [1.82, 2.24) is 9.88 Å². The summed E-state index contributed by atoms with van der Waals surface area (Å²) in [6.45, 7) is 2.16. The number of carbonyl (C=O) groups excluding carboxylic acids is 1. The van der Waals surface area contributed by atoms with Gasteiger partial charge in [0.1, 0.15) is 18.2 Å². The number of halogens is 1. The summed E-state index contributed by atoms with van der Waals surface area (Å²) >= 11 is 0. The van der Waals surface area contributed by atoms with Crippen LogP contribution in [0.15, 0.2) is 42.6 Å². The van der Waals surface area contributed by atoms with Crippen molar-refractivity contribution < 1.29 is 23.4 Å². The Bertz CT molecular complexity index is 729. The van der Waals surface area contributed by atoms with E-state index < -0.39 is 0 Å². The van der Waals surface area contributed by atoms with Crippen LogP contribution in [-0.2, 0) is 4.74 Å². The zero-order valence-electron chi connectivity index (χ0n) is 15.3. The van der Waals surface area contributed by atoms with Crippen LogP contribution < -0.4 is 9.47 Å². The van der Waals surface area contributed by atoms with Gasteiger partial charge >= 0.3 is 0 Å². The number of benzene rings is 1. The van der Waals surface area contributed by atoms with Crippen molar-refractivity contribution >= 4 is 5.91 Å². The second kappa shape index (κ2) is 9.32. The molecule has 6 nitrogen and oxygen atoms in total. The summed E-state index contributed by atoms with van der Waals surface area (Å²) in [5.74, 6) is 0.795. The molecule has 1 fully saturated rings. The van der Waals surface area contributed by atoms with E-state index in [1.807, 2.05) is 4.90 Å². The van der Waals surface area contributed by atoms with Gasteiger partial charge in [-0.25, -0.2) is 9.37 Å². The highest BCUT2D eigenvalue weighted by molar-refractivity contribution is 5.94. The molecule has 0 unspecified atom stereocenters. The molecule has 1 amide bonds. The number of amides is 1. The van der Waals surface area contributed by atoms with Gasteiger partial charge in [-0.15, -0.1) is 0 Å². The summed E-state index contributed by atoms with van der Waals surface area (Å²) in [7, 11) is 1.54. The highest BCUT2D eigenvalue weighted by Gasteiger charge is 2.24. The monoisotopic (exact) mass is 374 g/mol. The number of ether oxygens (including phenoxy) is 3. The lowest BCUT2D eigenvalue weighted by Gasteiger charge is -2.32. The molecule has 27 heavy (non-hydrogen) atoms. The van der Waals surface area contributed by atoms with Crippen molar-refractivity contribution in [3.05, 3.63) is 54.0 Å². The summed E-state index contributed by atoms with van der Waals surface area (Å²) in [6, 6.07) is 9.32. The molecule has 0 bridgehead atoms. The molecule has 0 saturated carbocycles. The molecular weight excluding hydrogens is 351 g/mol. The van der Waals surface area contributed by atoms with Crippen molar-refractivity contribution in [2.75, 3.05) is 33.4 Å². The van der Waals surface area contributed by atoms with Gasteiger partial charge in [0.2, 0.25) is 5.88 Å². The standard InChI is InChI=1S/C20H23FN2O4/c1-25-19-7-2-15(14-22-19)20(24)23-10-8-18(9-11-23)27-13-12-26-17-5-3-16(21)4-6-17/h2-7,14,18H,8-13H2,1H3. The molecule has 1 aromatic carbocycles. The highest BCUT2D eigenvalue weighted by atomic mass is 19.1. The third-order valence-electron chi connectivity index (χ3n) is 4.44. The lowest BCUT2D eigenvalue weighted by atomic mass is 10.1. The molecule has 0 radical (unpaired) electrons. The molecule has 0 N–H and O–H groups in total. The minimum absolute atomic E-state index is 0.0248. The van der Waals surface area contributed by atoms with Crippen LogP contribution in [0.1, 0.15) is 23.2 Å². The molecule has 1 aromatic heterocycles. The number of aromatic nitrogens is 1. The fraction of sp³-hybridized carbons (Fsp3) is 0.400. The smallest absolute Gasteiger partial charge is 0.255 e. The molecule has 2 aromatic rings. The SMILES string of the molecule is COc1ccc(C(=O)N2CCC(OCCOc3ccc(F)cc3)CC2)cn1. The maximum Gasteiger partial charge on any atom is 0.255 e. The van der Waals surface area contributed by atoms with Crippen LogP contribution in [0.2, 0.25) is 0 Å². The van der Waals surface area contributed by atoms with E-state index in [4.69, 9.17) is 14.2 Å². The largest absolute Gasteiger partial charge is 0.491 e. The van der Waals surface area contributed by atoms with Crippen molar-refractivity contribution in [2.24, 2.45) is 0 Å². The number of pyridine rings is 1. The zero-order chi connectivity index (χ0) is 19.1. The predicted octanol–water partition coefficient (Wildman–Crippen LogP) is 2.93. The van der Waals surface area contributed by atoms with Gasteiger partial charge in [-0.2, -0.15) is 0 Å². The Labute approximate surface area is 157 Å². The molecular formula is C20H23FN2O4. The number of rotatable bonds is 7. The average molecular weight is 374 g/mol. The molecule has 144 valence electrons. The second-order valence-electron chi connectivity index (χ2n) is 6.25. The number of hydrogen-bond acceptors (Lipinski definition) is 5. The fourth-order valence-electron chi connectivity index (χ4n) is 2.94. The van der Waals surface area contributed by atoms with Crippen LogP contribution in [0.5, 0.6) is 11.6 Å². The van der Waals surface area contributed by atoms with Gasteiger partial charge in [0.15, 0.2) is 0 Å². The highest BCUT2D eigenvalue weighted by Crippen LogP contribution is 2.17. The lowest BCUT2D eigenvalue weighted by molar-refractivity contribution is -0.00239. The molecule has 2 heterocycles. The van der Waals surface area contributed by atoms with Crippen LogP contribution >= 0.6 is 0 Å². The Kier molecular flexibility index (Phi) is 6.59. The Hall–Kier alpha value is -2.67. The molecule has 1 saturated heterocycles. The third-order valence-corrected chi connectivity index (χ3v) is 4.44. The van der Waals surface area contributed by atoms with Crippen molar-refractivity contribution in [1.29, 1.82) is 0 Å². The van der Waals surface area contributed by atoms with Gasteiger partial charge in [0, 0.05) is 25.4 Å². The molecule has 1 aliphatic rings. The van der Waals surface area contributed by atoms with E-state index in [1.54, 1.807) is 31.4 Å². The molecule has 7 heteroatoms. The quantitative estimate of drug-likeness (QED) is 0.698. The number of hydrogen-bond donors (Lipinski definition) is 0. The normalized spacial score (nSPS) is 14.8. The van der Waals surface area contributed by atoms with E-state index in [-0.39, 0.29) is 17.8 Å². The van der Waals surface area contributed by atoms with Crippen LogP contribution in [-0.4, -0.2) is 55.3 Å². The van der Waals surface area contributed by atoms with Gasteiger partial charge in [-0.1, -0.05) is 0 Å². The lowest BCUT2D eigenvalue weighted by Crippen LogP contribution is -2.41. The minimum atomic E-state index is -0.287. The second-order valence-corrected chi connectivity index (χ2v) is 6.25. The fourth-order valence-corrected chi connectivity index (χ4v) is 2.94. The summed E-state index contributed by atoms with van der Waals surface area (Å²) in [4.78, 5) is 18.4. The third kappa shape index (κ3) is 5.40. The van der Waals surface area contributed by atoms with E-state index in [0.717, 1.165) is 12.8 Å². The van der Waals surface area contributed by atoms with Gasteiger partial charge < -0.3 is 19.1 Å². The molecule has 0 atom stereocenters. The van der Waals surface area contributed by atoms with E-state index in [9.17, 15) is 9.18 Å². The Morgan fingerprint density at radius 3 is 2.52 bits per heavy atom.